The molecule has 0 aliphatic rings. The fourth-order valence-corrected chi connectivity index (χ4v) is 2.10. The van der Waals surface area contributed by atoms with Crippen LogP contribution < -0.4 is 11.1 Å². The molecule has 2 aromatic heterocycles. The van der Waals surface area contributed by atoms with Gasteiger partial charge in [-0.1, -0.05) is 0 Å². The summed E-state index contributed by atoms with van der Waals surface area (Å²) in [5.41, 5.74) is 6.95. The van der Waals surface area contributed by atoms with Crippen molar-refractivity contribution in [2.45, 2.75) is 13.1 Å². The van der Waals surface area contributed by atoms with Crippen LogP contribution in [0.15, 0.2) is 23.8 Å². The molecule has 2 aromatic rings. The summed E-state index contributed by atoms with van der Waals surface area (Å²) in [5, 5.41) is 5.31. The first kappa shape index (κ1) is 11.8. The number of rotatable bonds is 4. The number of carbonyl (C=O) groups is 1. The highest BCUT2D eigenvalue weighted by molar-refractivity contribution is 7.09. The minimum atomic E-state index is -0.162. The lowest BCUT2D eigenvalue weighted by Gasteiger charge is -2.00. The summed E-state index contributed by atoms with van der Waals surface area (Å²) in [6, 6.07) is 1.96. The second-order valence-electron chi connectivity index (χ2n) is 3.70. The average molecular weight is 250 g/mol. The molecule has 0 atom stereocenters. The molecule has 6 heteroatoms. The molecule has 0 bridgehead atoms. The van der Waals surface area contributed by atoms with Gasteiger partial charge in [0.15, 0.2) is 0 Å². The van der Waals surface area contributed by atoms with Crippen molar-refractivity contribution >= 4 is 17.2 Å². The monoisotopic (exact) mass is 250 g/mol. The quantitative estimate of drug-likeness (QED) is 0.845. The van der Waals surface area contributed by atoms with Crippen LogP contribution in [0.25, 0.3) is 0 Å². The van der Waals surface area contributed by atoms with E-state index in [1.54, 1.807) is 5.38 Å². The molecular formula is C11H14N4OS. The Morgan fingerprint density at radius 3 is 3.06 bits per heavy atom. The highest BCUT2D eigenvalue weighted by Crippen LogP contribution is 2.09. The number of aryl methyl sites for hydroxylation is 1. The zero-order chi connectivity index (χ0) is 12.3. The third-order valence-electron chi connectivity index (χ3n) is 2.31. The van der Waals surface area contributed by atoms with Crippen molar-refractivity contribution in [1.82, 2.24) is 14.9 Å². The normalized spacial score (nSPS) is 10.5. The summed E-state index contributed by atoms with van der Waals surface area (Å²) in [5.74, 6) is -0.162. The van der Waals surface area contributed by atoms with E-state index in [2.05, 4.69) is 10.3 Å². The van der Waals surface area contributed by atoms with Crippen LogP contribution in [0, 0.1) is 0 Å². The Balaban J connectivity index is 1.93. The molecule has 0 aliphatic heterocycles. The van der Waals surface area contributed by atoms with E-state index < -0.39 is 0 Å². The molecule has 17 heavy (non-hydrogen) atoms. The summed E-state index contributed by atoms with van der Waals surface area (Å²) in [7, 11) is 1.94. The van der Waals surface area contributed by atoms with Crippen LogP contribution >= 0.6 is 11.3 Å². The number of thiazole rings is 1. The Morgan fingerprint density at radius 1 is 1.65 bits per heavy atom. The Morgan fingerprint density at radius 2 is 2.47 bits per heavy atom. The maximum atomic E-state index is 11.7. The molecule has 0 aromatic carbocycles. The molecule has 0 fully saturated rings. The first-order chi connectivity index (χ1) is 8.19. The van der Waals surface area contributed by atoms with Gasteiger partial charge in [-0.05, 0) is 11.6 Å². The van der Waals surface area contributed by atoms with Gasteiger partial charge in [0.25, 0.3) is 5.91 Å². The molecule has 0 saturated heterocycles. The van der Waals surface area contributed by atoms with E-state index in [0.717, 1.165) is 10.6 Å². The van der Waals surface area contributed by atoms with Crippen LogP contribution in [0.2, 0.25) is 0 Å². The van der Waals surface area contributed by atoms with Crippen molar-refractivity contribution in [2.24, 2.45) is 12.8 Å². The highest BCUT2D eigenvalue weighted by Gasteiger charge is 2.09. The van der Waals surface area contributed by atoms with Crippen LogP contribution in [-0.2, 0) is 20.1 Å². The minimum Gasteiger partial charge on any atom is -0.357 e. The van der Waals surface area contributed by atoms with Gasteiger partial charge >= 0.3 is 0 Å². The lowest BCUT2D eigenvalue weighted by atomic mass is 10.3. The van der Waals surface area contributed by atoms with Crippen molar-refractivity contribution in [3.05, 3.63) is 40.1 Å². The number of nitrogens with two attached hydrogens (primary N) is 1. The third kappa shape index (κ3) is 2.92. The Kier molecular flexibility index (Phi) is 3.55. The van der Waals surface area contributed by atoms with E-state index >= 15 is 0 Å². The predicted octanol–water partition coefficient (Wildman–Crippen LogP) is 0.870. The maximum Gasteiger partial charge on any atom is 0.271 e. The van der Waals surface area contributed by atoms with Gasteiger partial charge < -0.3 is 15.6 Å². The summed E-state index contributed by atoms with van der Waals surface area (Å²) in [6.45, 7) is 0.881. The fourth-order valence-electron chi connectivity index (χ4n) is 1.45. The van der Waals surface area contributed by atoms with E-state index in [1.807, 2.05) is 30.1 Å². The van der Waals surface area contributed by atoms with Gasteiger partial charge in [0, 0.05) is 37.9 Å². The SMILES string of the molecule is Cn1ccc(CNC(=O)c2csc(CN)n2)c1. The molecule has 0 saturated carbocycles. The van der Waals surface area contributed by atoms with E-state index in [4.69, 9.17) is 5.73 Å². The lowest BCUT2D eigenvalue weighted by molar-refractivity contribution is 0.0946. The second-order valence-corrected chi connectivity index (χ2v) is 4.64. The molecule has 0 spiro atoms. The Hall–Kier alpha value is -1.66. The molecule has 2 rings (SSSR count). The standard InChI is InChI=1S/C11H14N4OS/c1-15-3-2-8(6-15)5-13-11(16)9-7-17-10(4-12)14-9/h2-3,6-7H,4-5,12H2,1H3,(H,13,16). The molecule has 90 valence electrons. The first-order valence-electron chi connectivity index (χ1n) is 5.22. The fraction of sp³-hybridized carbons (Fsp3) is 0.273. The van der Waals surface area contributed by atoms with Gasteiger partial charge in [0.1, 0.15) is 10.7 Å². The zero-order valence-electron chi connectivity index (χ0n) is 9.51. The summed E-state index contributed by atoms with van der Waals surface area (Å²) < 4.78 is 1.94. The van der Waals surface area contributed by atoms with Gasteiger partial charge in [0.2, 0.25) is 0 Å². The van der Waals surface area contributed by atoms with E-state index in [9.17, 15) is 4.79 Å². The number of nitrogens with zero attached hydrogens (tertiary/aromatic N) is 2. The predicted molar refractivity (Wildman–Crippen MR) is 66.6 cm³/mol. The van der Waals surface area contributed by atoms with Crippen LogP contribution in [0.1, 0.15) is 21.1 Å². The third-order valence-corrected chi connectivity index (χ3v) is 3.18. The van der Waals surface area contributed by atoms with Gasteiger partial charge in [-0.25, -0.2) is 4.98 Å². The van der Waals surface area contributed by atoms with Crippen molar-refractivity contribution < 1.29 is 4.79 Å². The number of nitrogens with one attached hydrogen (secondary N) is 1. The zero-order valence-corrected chi connectivity index (χ0v) is 10.3. The first-order valence-corrected chi connectivity index (χ1v) is 6.10. The second kappa shape index (κ2) is 5.11. The van der Waals surface area contributed by atoms with Crippen molar-refractivity contribution in [3.8, 4) is 0 Å². The topological polar surface area (TPSA) is 72.9 Å². The van der Waals surface area contributed by atoms with E-state index in [-0.39, 0.29) is 5.91 Å². The van der Waals surface area contributed by atoms with Crippen molar-refractivity contribution in [3.63, 3.8) is 0 Å². The molecule has 2 heterocycles. The molecule has 0 unspecified atom stereocenters. The van der Waals surface area contributed by atoms with Crippen LogP contribution in [-0.4, -0.2) is 15.5 Å². The number of amides is 1. The molecule has 3 N–H and O–H groups in total. The molecular weight excluding hydrogens is 236 g/mol. The largest absolute Gasteiger partial charge is 0.357 e. The summed E-state index contributed by atoms with van der Waals surface area (Å²) in [4.78, 5) is 15.9. The van der Waals surface area contributed by atoms with Gasteiger partial charge in [-0.3, -0.25) is 4.79 Å². The Labute approximate surface area is 103 Å². The van der Waals surface area contributed by atoms with Crippen LogP contribution in [0.3, 0.4) is 0 Å². The number of hydrogen-bond donors (Lipinski definition) is 2. The van der Waals surface area contributed by atoms with Crippen LogP contribution in [0.5, 0.6) is 0 Å². The number of hydrogen-bond acceptors (Lipinski definition) is 4. The van der Waals surface area contributed by atoms with Crippen molar-refractivity contribution in [1.29, 1.82) is 0 Å². The van der Waals surface area contributed by atoms with Gasteiger partial charge in [0.05, 0.1) is 0 Å². The van der Waals surface area contributed by atoms with Gasteiger partial charge in [-0.15, -0.1) is 11.3 Å². The molecule has 0 radical (unpaired) electrons. The average Bonchev–Trinajstić information content (AvgIpc) is 2.94. The molecule has 0 aliphatic carbocycles. The summed E-state index contributed by atoms with van der Waals surface area (Å²) in [6.07, 6.45) is 3.91. The number of aromatic nitrogens is 2. The van der Waals surface area contributed by atoms with Crippen LogP contribution in [0.4, 0.5) is 0 Å². The molecule has 5 nitrogen and oxygen atoms in total. The summed E-state index contributed by atoms with van der Waals surface area (Å²) >= 11 is 1.40. The van der Waals surface area contributed by atoms with E-state index in [0.29, 0.717) is 18.8 Å². The number of carbonyl (C=O) groups excluding carboxylic acids is 1. The lowest BCUT2D eigenvalue weighted by Crippen LogP contribution is -2.23. The van der Waals surface area contributed by atoms with E-state index in [1.165, 1.54) is 11.3 Å². The maximum absolute atomic E-state index is 11.7. The minimum absolute atomic E-state index is 0.162. The highest BCUT2D eigenvalue weighted by atomic mass is 32.1. The van der Waals surface area contributed by atoms with Gasteiger partial charge in [-0.2, -0.15) is 0 Å². The van der Waals surface area contributed by atoms with Crippen molar-refractivity contribution in [2.75, 3.05) is 0 Å². The molecule has 1 amide bonds. The Bertz CT molecular complexity index is 517. The smallest absolute Gasteiger partial charge is 0.271 e.